The third kappa shape index (κ3) is 4.01. The van der Waals surface area contributed by atoms with Crippen molar-refractivity contribution in [2.75, 3.05) is 6.54 Å². The van der Waals surface area contributed by atoms with E-state index in [2.05, 4.69) is 10.3 Å². The molecule has 0 aliphatic carbocycles. The molecule has 0 aliphatic rings. The Morgan fingerprint density at radius 3 is 2.64 bits per heavy atom. The predicted octanol–water partition coefficient (Wildman–Crippen LogP) is 2.88. The highest BCUT2D eigenvalue weighted by Gasteiger charge is 2.24. The number of amides is 1. The van der Waals surface area contributed by atoms with Crippen LogP contribution in [0, 0.1) is 11.8 Å². The van der Waals surface area contributed by atoms with Crippen molar-refractivity contribution < 1.29 is 27.1 Å². The van der Waals surface area contributed by atoms with Gasteiger partial charge in [-0.05, 0) is 48.4 Å². The fraction of sp³-hybridized carbons (Fsp3) is 0.111. The van der Waals surface area contributed by atoms with Crippen molar-refractivity contribution in [2.45, 2.75) is 11.3 Å². The summed E-state index contributed by atoms with van der Waals surface area (Å²) >= 11 is 0. The molecule has 0 saturated carbocycles. The first-order chi connectivity index (χ1) is 13.3. The molecule has 2 heterocycles. The van der Waals surface area contributed by atoms with Crippen molar-refractivity contribution in [3.8, 4) is 11.3 Å². The van der Waals surface area contributed by atoms with Gasteiger partial charge in [-0.1, -0.05) is 6.07 Å². The van der Waals surface area contributed by atoms with Crippen LogP contribution in [0.1, 0.15) is 5.56 Å². The number of hydrogen-bond donors (Lipinski definition) is 2. The van der Waals surface area contributed by atoms with Gasteiger partial charge in [0.15, 0.2) is 0 Å². The summed E-state index contributed by atoms with van der Waals surface area (Å²) in [6.45, 7) is 0.0360. The van der Waals surface area contributed by atoms with E-state index in [1.807, 2.05) is 0 Å². The monoisotopic (exact) mass is 407 g/mol. The lowest BCUT2D eigenvalue weighted by molar-refractivity contribution is 0.194. The first-order valence-electron chi connectivity index (χ1n) is 8.09. The molecule has 1 amide bonds. The van der Waals surface area contributed by atoms with Crippen LogP contribution in [0.25, 0.3) is 11.3 Å². The number of nitrogens with one attached hydrogen (secondary N) is 1. The Morgan fingerprint density at radius 1 is 1.18 bits per heavy atom. The molecule has 0 aliphatic heterocycles. The van der Waals surface area contributed by atoms with Crippen molar-refractivity contribution >= 4 is 16.1 Å². The van der Waals surface area contributed by atoms with Crippen molar-refractivity contribution in [1.29, 1.82) is 0 Å². The molecule has 0 unspecified atom stereocenters. The van der Waals surface area contributed by atoms with E-state index >= 15 is 0 Å². The summed E-state index contributed by atoms with van der Waals surface area (Å²) in [5, 5.41) is 10.8. The van der Waals surface area contributed by atoms with Crippen LogP contribution >= 0.6 is 0 Å². The van der Waals surface area contributed by atoms with E-state index in [-0.39, 0.29) is 29.1 Å². The number of carbonyl (C=O) groups is 1. The Hall–Kier alpha value is -3.27. The Labute approximate surface area is 159 Å². The zero-order valence-electron chi connectivity index (χ0n) is 14.3. The molecule has 7 nitrogen and oxygen atoms in total. The van der Waals surface area contributed by atoms with E-state index in [0.29, 0.717) is 5.56 Å². The normalized spacial score (nSPS) is 11.4. The molecule has 3 rings (SSSR count). The molecule has 1 aromatic carbocycles. The molecule has 28 heavy (non-hydrogen) atoms. The third-order valence-corrected chi connectivity index (χ3v) is 5.59. The summed E-state index contributed by atoms with van der Waals surface area (Å²) in [6.07, 6.45) is 1.44. The van der Waals surface area contributed by atoms with Crippen molar-refractivity contribution in [1.82, 2.24) is 14.3 Å². The van der Waals surface area contributed by atoms with Gasteiger partial charge in [0.25, 0.3) is 10.0 Å². The van der Waals surface area contributed by atoms with Gasteiger partial charge in [-0.2, -0.15) is 4.39 Å². The minimum Gasteiger partial charge on any atom is -0.465 e. The minimum atomic E-state index is -4.23. The number of rotatable bonds is 6. The van der Waals surface area contributed by atoms with Gasteiger partial charge in [-0.25, -0.2) is 26.6 Å². The van der Waals surface area contributed by atoms with Gasteiger partial charge in [-0.3, -0.25) is 0 Å². The van der Waals surface area contributed by atoms with Crippen LogP contribution in [0.15, 0.2) is 59.8 Å². The SMILES string of the molecule is O=C(O)NCCc1cc(-c2cccnc2F)n(S(=O)(=O)c2cccc(F)c2)c1. The number of pyridine rings is 1. The van der Waals surface area contributed by atoms with Crippen molar-refractivity contribution in [3.05, 3.63) is 72.2 Å². The minimum absolute atomic E-state index is 0.000172. The fourth-order valence-electron chi connectivity index (χ4n) is 2.66. The third-order valence-electron chi connectivity index (χ3n) is 3.92. The highest BCUT2D eigenvalue weighted by Crippen LogP contribution is 2.28. The summed E-state index contributed by atoms with van der Waals surface area (Å²) in [6, 6.07) is 8.72. The Balaban J connectivity index is 2.11. The van der Waals surface area contributed by atoms with Crippen molar-refractivity contribution in [2.24, 2.45) is 0 Å². The summed E-state index contributed by atoms with van der Waals surface area (Å²) < 4.78 is 54.7. The molecule has 2 N–H and O–H groups in total. The van der Waals surface area contributed by atoms with Crippen LogP contribution in [-0.2, 0) is 16.4 Å². The number of hydrogen-bond acceptors (Lipinski definition) is 4. The second kappa shape index (κ2) is 7.77. The van der Waals surface area contributed by atoms with Gasteiger partial charge in [0.05, 0.1) is 16.2 Å². The van der Waals surface area contributed by atoms with Gasteiger partial charge in [0.1, 0.15) is 5.82 Å². The first-order valence-corrected chi connectivity index (χ1v) is 9.53. The smallest absolute Gasteiger partial charge is 0.404 e. The van der Waals surface area contributed by atoms with Gasteiger partial charge < -0.3 is 10.4 Å². The molecular weight excluding hydrogens is 392 g/mol. The lowest BCUT2D eigenvalue weighted by atomic mass is 10.1. The molecule has 2 aromatic heterocycles. The Bertz CT molecular complexity index is 1130. The number of carboxylic acid groups (broad SMARTS) is 1. The molecule has 0 saturated heterocycles. The van der Waals surface area contributed by atoms with Crippen LogP contribution in [0.3, 0.4) is 0 Å². The van der Waals surface area contributed by atoms with Crippen LogP contribution in [-0.4, -0.2) is 35.1 Å². The summed E-state index contributed by atoms with van der Waals surface area (Å²) in [5.74, 6) is -1.60. The molecule has 0 radical (unpaired) electrons. The van der Waals surface area contributed by atoms with E-state index in [9.17, 15) is 22.0 Å². The maximum absolute atomic E-state index is 14.2. The number of halogens is 2. The van der Waals surface area contributed by atoms with Crippen LogP contribution in [0.5, 0.6) is 0 Å². The molecule has 3 aromatic rings. The number of nitrogens with zero attached hydrogens (tertiary/aromatic N) is 2. The lowest BCUT2D eigenvalue weighted by Gasteiger charge is -2.11. The molecule has 0 bridgehead atoms. The topological polar surface area (TPSA) is 101 Å². The van der Waals surface area contributed by atoms with Crippen LogP contribution in [0.4, 0.5) is 13.6 Å². The Kier molecular flexibility index (Phi) is 5.41. The number of benzene rings is 1. The quantitative estimate of drug-likeness (QED) is 0.612. The highest BCUT2D eigenvalue weighted by atomic mass is 32.2. The molecule has 0 spiro atoms. The number of aromatic nitrogens is 2. The maximum Gasteiger partial charge on any atom is 0.404 e. The van der Waals surface area contributed by atoms with Crippen molar-refractivity contribution in [3.63, 3.8) is 0 Å². The average molecular weight is 407 g/mol. The summed E-state index contributed by atoms with van der Waals surface area (Å²) in [5.41, 5.74) is 0.395. The fourth-order valence-corrected chi connectivity index (χ4v) is 4.08. The standard InChI is InChI=1S/C18H15F2N3O4S/c19-13-3-1-4-14(10-13)28(26,27)23-11-12(6-8-22-18(24)25)9-16(23)15-5-2-7-21-17(15)20/h1-5,7,9-11,22H,6,8H2,(H,24,25). The van der Waals surface area contributed by atoms with Gasteiger partial charge in [-0.15, -0.1) is 0 Å². The summed E-state index contributed by atoms with van der Waals surface area (Å²) in [4.78, 5) is 13.8. The van der Waals surface area contributed by atoms with Gasteiger partial charge >= 0.3 is 6.09 Å². The van der Waals surface area contributed by atoms with Gasteiger partial charge in [0.2, 0.25) is 5.95 Å². The molecule has 146 valence electrons. The molecule has 0 fully saturated rings. The molecule has 0 atom stereocenters. The van der Waals surface area contributed by atoms with Crippen LogP contribution < -0.4 is 5.32 Å². The molecule has 10 heteroatoms. The van der Waals surface area contributed by atoms with E-state index in [1.54, 1.807) is 0 Å². The zero-order chi connectivity index (χ0) is 20.3. The van der Waals surface area contributed by atoms with Crippen LogP contribution in [0.2, 0.25) is 0 Å². The van der Waals surface area contributed by atoms with E-state index in [1.165, 1.54) is 42.7 Å². The second-order valence-electron chi connectivity index (χ2n) is 5.82. The lowest BCUT2D eigenvalue weighted by Crippen LogP contribution is -2.23. The largest absolute Gasteiger partial charge is 0.465 e. The predicted molar refractivity (Wildman–Crippen MR) is 96.3 cm³/mol. The van der Waals surface area contributed by atoms with E-state index in [0.717, 1.165) is 16.1 Å². The highest BCUT2D eigenvalue weighted by molar-refractivity contribution is 7.90. The molecular formula is C18H15F2N3O4S. The van der Waals surface area contributed by atoms with E-state index < -0.39 is 27.9 Å². The second-order valence-corrected chi connectivity index (χ2v) is 7.63. The Morgan fingerprint density at radius 2 is 1.96 bits per heavy atom. The zero-order valence-corrected chi connectivity index (χ0v) is 15.2. The van der Waals surface area contributed by atoms with Gasteiger partial charge in [0, 0.05) is 18.9 Å². The maximum atomic E-state index is 14.2. The van der Waals surface area contributed by atoms with E-state index in [4.69, 9.17) is 5.11 Å². The summed E-state index contributed by atoms with van der Waals surface area (Å²) in [7, 11) is -4.23. The first kappa shape index (κ1) is 19.5. The average Bonchev–Trinajstić information content (AvgIpc) is 3.06.